The van der Waals surface area contributed by atoms with E-state index in [1.807, 2.05) is 11.8 Å². The molecule has 0 N–H and O–H groups in total. The van der Waals surface area contributed by atoms with Gasteiger partial charge in [0.1, 0.15) is 11.6 Å². The summed E-state index contributed by atoms with van der Waals surface area (Å²) in [6.45, 7) is 2.76. The second-order valence-electron chi connectivity index (χ2n) is 5.68. The SMILES string of the molecule is CC1CN(S(=O)(=O)c2ccc(F)cc2)CCN1c1cccc(F)n1. The van der Waals surface area contributed by atoms with Crippen molar-refractivity contribution >= 4 is 15.8 Å². The van der Waals surface area contributed by atoms with Crippen molar-refractivity contribution in [3.05, 3.63) is 54.2 Å². The number of hydrogen-bond donors (Lipinski definition) is 0. The summed E-state index contributed by atoms with van der Waals surface area (Å²) < 4.78 is 53.0. The molecule has 1 fully saturated rings. The van der Waals surface area contributed by atoms with Gasteiger partial charge >= 0.3 is 0 Å². The average molecular weight is 353 g/mol. The quantitative estimate of drug-likeness (QED) is 0.795. The molecule has 2 heterocycles. The first-order valence-electron chi connectivity index (χ1n) is 7.53. The van der Waals surface area contributed by atoms with E-state index in [-0.39, 0.29) is 24.0 Å². The van der Waals surface area contributed by atoms with Crippen molar-refractivity contribution in [1.82, 2.24) is 9.29 Å². The van der Waals surface area contributed by atoms with Gasteiger partial charge < -0.3 is 4.90 Å². The number of nitrogens with zero attached hydrogens (tertiary/aromatic N) is 3. The Balaban J connectivity index is 1.79. The fraction of sp³-hybridized carbons (Fsp3) is 0.312. The number of piperazine rings is 1. The molecular weight excluding hydrogens is 336 g/mol. The Hall–Kier alpha value is -2.06. The minimum absolute atomic E-state index is 0.0634. The monoisotopic (exact) mass is 353 g/mol. The highest BCUT2D eigenvalue weighted by atomic mass is 32.2. The number of pyridine rings is 1. The molecule has 1 saturated heterocycles. The Morgan fingerprint density at radius 3 is 2.42 bits per heavy atom. The van der Waals surface area contributed by atoms with Gasteiger partial charge in [-0.05, 0) is 43.3 Å². The lowest BCUT2D eigenvalue weighted by Gasteiger charge is -2.39. The second-order valence-corrected chi connectivity index (χ2v) is 7.62. The number of anilines is 1. The molecule has 8 heteroatoms. The van der Waals surface area contributed by atoms with Crippen LogP contribution < -0.4 is 4.90 Å². The van der Waals surface area contributed by atoms with Crippen molar-refractivity contribution in [3.63, 3.8) is 0 Å². The van der Waals surface area contributed by atoms with Crippen LogP contribution in [0.3, 0.4) is 0 Å². The zero-order valence-corrected chi connectivity index (χ0v) is 13.9. The van der Waals surface area contributed by atoms with E-state index in [1.165, 1.54) is 22.5 Å². The molecule has 1 atom stereocenters. The predicted molar refractivity (Wildman–Crippen MR) is 86.2 cm³/mol. The number of halogens is 2. The molecule has 0 bridgehead atoms. The van der Waals surface area contributed by atoms with Crippen LogP contribution in [-0.4, -0.2) is 43.4 Å². The van der Waals surface area contributed by atoms with Gasteiger partial charge in [0, 0.05) is 25.7 Å². The third-order valence-electron chi connectivity index (χ3n) is 4.04. The maximum Gasteiger partial charge on any atom is 0.243 e. The Kier molecular flexibility index (Phi) is 4.51. The third kappa shape index (κ3) is 3.25. The molecule has 1 aliphatic rings. The Labute approximate surface area is 139 Å². The van der Waals surface area contributed by atoms with Crippen LogP contribution in [0, 0.1) is 11.8 Å². The van der Waals surface area contributed by atoms with Crippen molar-refractivity contribution in [2.75, 3.05) is 24.5 Å². The van der Waals surface area contributed by atoms with Gasteiger partial charge in [-0.15, -0.1) is 0 Å². The lowest BCUT2D eigenvalue weighted by Crippen LogP contribution is -2.53. The molecule has 1 aromatic heterocycles. The number of rotatable bonds is 3. The molecule has 3 rings (SSSR count). The van der Waals surface area contributed by atoms with Crippen LogP contribution in [0.15, 0.2) is 47.4 Å². The Morgan fingerprint density at radius 1 is 1.08 bits per heavy atom. The van der Waals surface area contributed by atoms with E-state index in [0.29, 0.717) is 12.4 Å². The summed E-state index contributed by atoms with van der Waals surface area (Å²) in [5.41, 5.74) is 0. The maximum atomic E-state index is 13.3. The molecule has 1 unspecified atom stereocenters. The molecule has 24 heavy (non-hydrogen) atoms. The van der Waals surface area contributed by atoms with Gasteiger partial charge in [0.25, 0.3) is 0 Å². The fourth-order valence-corrected chi connectivity index (χ4v) is 4.31. The van der Waals surface area contributed by atoms with E-state index >= 15 is 0 Å². The normalized spacial score (nSPS) is 19.5. The summed E-state index contributed by atoms with van der Waals surface area (Å²) in [7, 11) is -3.68. The van der Waals surface area contributed by atoms with Gasteiger partial charge in [-0.2, -0.15) is 8.70 Å². The largest absolute Gasteiger partial charge is 0.351 e. The minimum atomic E-state index is -3.68. The van der Waals surface area contributed by atoms with E-state index in [1.54, 1.807) is 12.1 Å². The van der Waals surface area contributed by atoms with E-state index < -0.39 is 21.8 Å². The third-order valence-corrected chi connectivity index (χ3v) is 5.92. The lowest BCUT2D eigenvalue weighted by atomic mass is 10.2. The van der Waals surface area contributed by atoms with Crippen LogP contribution in [0.2, 0.25) is 0 Å². The van der Waals surface area contributed by atoms with Crippen LogP contribution in [0.25, 0.3) is 0 Å². The molecule has 128 valence electrons. The average Bonchev–Trinajstić information content (AvgIpc) is 2.55. The van der Waals surface area contributed by atoms with Gasteiger partial charge in [0.15, 0.2) is 0 Å². The first kappa shape index (κ1) is 16.8. The van der Waals surface area contributed by atoms with Crippen molar-refractivity contribution in [2.45, 2.75) is 17.9 Å². The Bertz CT molecular complexity index is 827. The van der Waals surface area contributed by atoms with E-state index in [2.05, 4.69) is 4.98 Å². The van der Waals surface area contributed by atoms with Crippen LogP contribution in [0.5, 0.6) is 0 Å². The van der Waals surface area contributed by atoms with E-state index in [9.17, 15) is 17.2 Å². The first-order valence-corrected chi connectivity index (χ1v) is 8.97. The molecule has 0 aliphatic carbocycles. The molecule has 2 aromatic rings. The summed E-state index contributed by atoms with van der Waals surface area (Å²) in [4.78, 5) is 5.79. The lowest BCUT2D eigenvalue weighted by molar-refractivity contribution is 0.340. The molecule has 0 spiro atoms. The highest BCUT2D eigenvalue weighted by molar-refractivity contribution is 7.89. The van der Waals surface area contributed by atoms with Crippen molar-refractivity contribution in [2.24, 2.45) is 0 Å². The van der Waals surface area contributed by atoms with Gasteiger partial charge in [-0.25, -0.2) is 17.8 Å². The Morgan fingerprint density at radius 2 is 1.79 bits per heavy atom. The highest BCUT2D eigenvalue weighted by Crippen LogP contribution is 2.23. The zero-order chi connectivity index (χ0) is 17.3. The second kappa shape index (κ2) is 6.45. The first-order chi connectivity index (χ1) is 11.4. The van der Waals surface area contributed by atoms with Crippen molar-refractivity contribution in [3.8, 4) is 0 Å². The van der Waals surface area contributed by atoms with Crippen LogP contribution in [0.1, 0.15) is 6.92 Å². The molecule has 0 saturated carbocycles. The van der Waals surface area contributed by atoms with Crippen LogP contribution in [-0.2, 0) is 10.0 Å². The molecular formula is C16H17F2N3O2S. The minimum Gasteiger partial charge on any atom is -0.351 e. The fourth-order valence-electron chi connectivity index (χ4n) is 2.80. The number of aromatic nitrogens is 1. The van der Waals surface area contributed by atoms with E-state index in [0.717, 1.165) is 12.1 Å². The summed E-state index contributed by atoms with van der Waals surface area (Å²) in [6.07, 6.45) is 0. The van der Waals surface area contributed by atoms with Crippen LogP contribution >= 0.6 is 0 Å². The van der Waals surface area contributed by atoms with Crippen LogP contribution in [0.4, 0.5) is 14.6 Å². The summed E-state index contributed by atoms with van der Waals surface area (Å²) >= 11 is 0. The van der Waals surface area contributed by atoms with Crippen molar-refractivity contribution in [1.29, 1.82) is 0 Å². The highest BCUT2D eigenvalue weighted by Gasteiger charge is 2.32. The summed E-state index contributed by atoms with van der Waals surface area (Å²) in [6, 6.07) is 9.15. The van der Waals surface area contributed by atoms with E-state index in [4.69, 9.17) is 0 Å². The van der Waals surface area contributed by atoms with Gasteiger partial charge in [0.2, 0.25) is 16.0 Å². The summed E-state index contributed by atoms with van der Waals surface area (Å²) in [5.74, 6) is -0.563. The zero-order valence-electron chi connectivity index (χ0n) is 13.1. The number of sulfonamides is 1. The van der Waals surface area contributed by atoms with Gasteiger partial charge in [0.05, 0.1) is 4.90 Å². The topological polar surface area (TPSA) is 53.5 Å². The predicted octanol–water partition coefficient (Wildman–Crippen LogP) is 2.26. The molecule has 0 radical (unpaired) electrons. The molecule has 5 nitrogen and oxygen atoms in total. The van der Waals surface area contributed by atoms with Gasteiger partial charge in [-0.3, -0.25) is 0 Å². The standard InChI is InChI=1S/C16H17F2N3O2S/c1-12-11-20(24(22,23)14-7-5-13(17)6-8-14)9-10-21(12)16-4-2-3-15(18)19-16/h2-8,12H,9-11H2,1H3. The molecule has 1 aromatic carbocycles. The number of hydrogen-bond acceptors (Lipinski definition) is 4. The van der Waals surface area contributed by atoms with Crippen molar-refractivity contribution < 1.29 is 17.2 Å². The van der Waals surface area contributed by atoms with Gasteiger partial charge in [-0.1, -0.05) is 6.07 Å². The maximum absolute atomic E-state index is 13.3. The smallest absolute Gasteiger partial charge is 0.243 e. The molecule has 1 aliphatic heterocycles. The molecule has 0 amide bonds. The summed E-state index contributed by atoms with van der Waals surface area (Å²) in [5, 5.41) is 0. The number of benzene rings is 1.